The molecule has 0 aliphatic carbocycles. The predicted molar refractivity (Wildman–Crippen MR) is 115 cm³/mol. The number of alkyl halides is 3. The lowest BCUT2D eigenvalue weighted by Gasteiger charge is -2.34. The van der Waals surface area contributed by atoms with Crippen LogP contribution in [0, 0.1) is 0 Å². The van der Waals surface area contributed by atoms with Crippen LogP contribution in [0.4, 0.5) is 24.7 Å². The third kappa shape index (κ3) is 4.55. The van der Waals surface area contributed by atoms with Crippen LogP contribution in [0.25, 0.3) is 0 Å². The monoisotopic (exact) mass is 458 g/mol. The van der Waals surface area contributed by atoms with Gasteiger partial charge < -0.3 is 15.4 Å². The highest BCUT2D eigenvalue weighted by atomic mass is 19.4. The van der Waals surface area contributed by atoms with Crippen molar-refractivity contribution in [3.8, 4) is 0 Å². The number of rotatable bonds is 5. The minimum Gasteiger partial charge on any atom is -0.462 e. The van der Waals surface area contributed by atoms with Gasteiger partial charge in [0, 0.05) is 6.42 Å². The molecule has 33 heavy (non-hydrogen) atoms. The second-order valence-electron chi connectivity index (χ2n) is 7.47. The highest BCUT2D eigenvalue weighted by molar-refractivity contribution is 6.10. The number of carbonyl (C=O) groups excluding carboxylic acids is 2. The number of carbonyl (C=O) groups is 2. The lowest BCUT2D eigenvalue weighted by molar-refractivity contribution is -0.173. The van der Waals surface area contributed by atoms with Crippen LogP contribution in [0.3, 0.4) is 0 Å². The minimum atomic E-state index is -4.56. The largest absolute Gasteiger partial charge is 0.462 e. The molecule has 3 aromatic rings. The molecular formula is C23H21F3N4O3. The third-order valence-corrected chi connectivity index (χ3v) is 5.36. The quantitative estimate of drug-likeness (QED) is 0.527. The Morgan fingerprint density at radius 1 is 1.12 bits per heavy atom. The van der Waals surface area contributed by atoms with Gasteiger partial charge in [-0.05, 0) is 24.6 Å². The second kappa shape index (κ2) is 8.97. The first-order chi connectivity index (χ1) is 15.8. The molecule has 2 atom stereocenters. The summed E-state index contributed by atoms with van der Waals surface area (Å²) in [5.74, 6) is -1.36. The molecule has 0 saturated heterocycles. The van der Waals surface area contributed by atoms with E-state index in [4.69, 9.17) is 4.74 Å². The summed E-state index contributed by atoms with van der Waals surface area (Å²) in [6.45, 7) is 1.81. The number of amides is 1. The van der Waals surface area contributed by atoms with E-state index in [0.29, 0.717) is 5.56 Å². The lowest BCUT2D eigenvalue weighted by atomic mass is 9.96. The van der Waals surface area contributed by atoms with Crippen LogP contribution in [0.5, 0.6) is 0 Å². The average Bonchev–Trinajstić information content (AvgIpc) is 3.23. The van der Waals surface area contributed by atoms with Gasteiger partial charge in [0.25, 0.3) is 5.91 Å². The molecule has 0 spiro atoms. The molecule has 1 aliphatic heterocycles. The zero-order chi connectivity index (χ0) is 23.6. The summed E-state index contributed by atoms with van der Waals surface area (Å²) < 4.78 is 47.3. The topological polar surface area (TPSA) is 85.2 Å². The normalized spacial score (nSPS) is 17.6. The van der Waals surface area contributed by atoms with E-state index in [2.05, 4.69) is 15.7 Å². The van der Waals surface area contributed by atoms with E-state index < -0.39 is 30.1 Å². The number of ether oxygens (including phenoxy) is 1. The van der Waals surface area contributed by atoms with Gasteiger partial charge in [-0.15, -0.1) is 0 Å². The summed E-state index contributed by atoms with van der Waals surface area (Å²) in [6, 6.07) is 12.4. The van der Waals surface area contributed by atoms with Gasteiger partial charge in [-0.1, -0.05) is 42.5 Å². The molecule has 172 valence electrons. The zero-order valence-corrected chi connectivity index (χ0v) is 17.6. The molecule has 10 heteroatoms. The number of anilines is 2. The standard InChI is InChI=1S/C23H21F3N4O3/c1-2-33-22(32)15-10-6-7-11-17(15)29-21(31)16-13-27-30-19(23(24,25)26)12-18(28-20(16)30)14-8-4-3-5-9-14/h3-11,13,18-19,28H,2,12H2,1H3,(H,29,31)/t18-,19-/m0/s1. The van der Waals surface area contributed by atoms with Crippen molar-refractivity contribution >= 4 is 23.4 Å². The number of benzene rings is 2. The molecule has 2 heterocycles. The Labute approximate surface area is 187 Å². The summed E-state index contributed by atoms with van der Waals surface area (Å²) in [7, 11) is 0. The van der Waals surface area contributed by atoms with Crippen molar-refractivity contribution in [3.05, 3.63) is 77.5 Å². The number of para-hydroxylation sites is 1. The van der Waals surface area contributed by atoms with E-state index in [1.807, 2.05) is 0 Å². The van der Waals surface area contributed by atoms with E-state index in [1.165, 1.54) is 12.1 Å². The van der Waals surface area contributed by atoms with Crippen LogP contribution in [0.15, 0.2) is 60.8 Å². The number of esters is 1. The van der Waals surface area contributed by atoms with E-state index in [0.717, 1.165) is 10.9 Å². The highest BCUT2D eigenvalue weighted by Crippen LogP contribution is 2.44. The molecule has 0 radical (unpaired) electrons. The number of nitrogens with one attached hydrogen (secondary N) is 2. The Bertz CT molecular complexity index is 1160. The molecule has 1 aromatic heterocycles. The molecule has 4 rings (SSSR count). The van der Waals surface area contributed by atoms with E-state index >= 15 is 0 Å². The minimum absolute atomic E-state index is 0.0384. The maximum Gasteiger partial charge on any atom is 0.410 e. The first-order valence-electron chi connectivity index (χ1n) is 10.3. The summed E-state index contributed by atoms with van der Waals surface area (Å²) in [6.07, 6.45) is -3.73. The van der Waals surface area contributed by atoms with Crippen molar-refractivity contribution in [1.82, 2.24) is 9.78 Å². The smallest absolute Gasteiger partial charge is 0.410 e. The van der Waals surface area contributed by atoms with Crippen LogP contribution in [-0.2, 0) is 4.74 Å². The van der Waals surface area contributed by atoms with Crippen LogP contribution in [0.2, 0.25) is 0 Å². The summed E-state index contributed by atoms with van der Waals surface area (Å²) in [5, 5.41) is 9.50. The van der Waals surface area contributed by atoms with Gasteiger partial charge in [0.1, 0.15) is 11.4 Å². The van der Waals surface area contributed by atoms with Crippen LogP contribution >= 0.6 is 0 Å². The summed E-state index contributed by atoms with van der Waals surface area (Å²) >= 11 is 0. The third-order valence-electron chi connectivity index (χ3n) is 5.36. The fourth-order valence-electron chi connectivity index (χ4n) is 3.80. The van der Waals surface area contributed by atoms with Crippen molar-refractivity contribution in [1.29, 1.82) is 0 Å². The Morgan fingerprint density at radius 3 is 2.52 bits per heavy atom. The molecule has 0 unspecified atom stereocenters. The van der Waals surface area contributed by atoms with Gasteiger partial charge in [-0.2, -0.15) is 18.3 Å². The van der Waals surface area contributed by atoms with Crippen molar-refractivity contribution < 1.29 is 27.5 Å². The Morgan fingerprint density at radius 2 is 1.82 bits per heavy atom. The van der Waals surface area contributed by atoms with Gasteiger partial charge >= 0.3 is 12.1 Å². The molecule has 0 saturated carbocycles. The zero-order valence-electron chi connectivity index (χ0n) is 17.6. The molecule has 1 aliphatic rings. The van der Waals surface area contributed by atoms with Crippen molar-refractivity contribution in [3.63, 3.8) is 0 Å². The Balaban J connectivity index is 1.67. The second-order valence-corrected chi connectivity index (χ2v) is 7.47. The molecule has 0 bridgehead atoms. The lowest BCUT2D eigenvalue weighted by Crippen LogP contribution is -2.36. The number of aromatic nitrogens is 2. The summed E-state index contributed by atoms with van der Waals surface area (Å²) in [4.78, 5) is 25.2. The molecular weight excluding hydrogens is 437 g/mol. The van der Waals surface area contributed by atoms with Gasteiger partial charge in [0.15, 0.2) is 6.04 Å². The molecule has 1 amide bonds. The van der Waals surface area contributed by atoms with Crippen LogP contribution < -0.4 is 10.6 Å². The highest BCUT2D eigenvalue weighted by Gasteiger charge is 2.47. The first-order valence-corrected chi connectivity index (χ1v) is 10.3. The molecule has 2 aromatic carbocycles. The number of nitrogens with zero attached hydrogens (tertiary/aromatic N) is 2. The van der Waals surface area contributed by atoms with Crippen molar-refractivity contribution in [2.24, 2.45) is 0 Å². The maximum atomic E-state index is 13.8. The number of fused-ring (bicyclic) bond motifs is 1. The van der Waals surface area contributed by atoms with Gasteiger partial charge in [0.05, 0.1) is 30.1 Å². The van der Waals surface area contributed by atoms with Crippen LogP contribution in [0.1, 0.15) is 51.7 Å². The van der Waals surface area contributed by atoms with Gasteiger partial charge in [-0.25, -0.2) is 9.48 Å². The number of hydrogen-bond acceptors (Lipinski definition) is 5. The average molecular weight is 458 g/mol. The Hall–Kier alpha value is -3.82. The Kier molecular flexibility index (Phi) is 6.08. The molecule has 7 nitrogen and oxygen atoms in total. The SMILES string of the molecule is CCOC(=O)c1ccccc1NC(=O)c1cnn2c1N[C@H](c1ccccc1)C[C@H]2C(F)(F)F. The number of hydrogen-bond donors (Lipinski definition) is 2. The van der Waals surface area contributed by atoms with E-state index in [1.54, 1.807) is 49.4 Å². The van der Waals surface area contributed by atoms with Gasteiger partial charge in [-0.3, -0.25) is 4.79 Å². The van der Waals surface area contributed by atoms with Gasteiger partial charge in [0.2, 0.25) is 0 Å². The predicted octanol–water partition coefficient (Wildman–Crippen LogP) is 4.97. The van der Waals surface area contributed by atoms with E-state index in [9.17, 15) is 22.8 Å². The summed E-state index contributed by atoms with van der Waals surface area (Å²) in [5.41, 5.74) is 0.919. The van der Waals surface area contributed by atoms with Crippen molar-refractivity contribution in [2.45, 2.75) is 31.6 Å². The maximum absolute atomic E-state index is 13.8. The van der Waals surface area contributed by atoms with Crippen molar-refractivity contribution in [2.75, 3.05) is 17.2 Å². The fourth-order valence-corrected chi connectivity index (χ4v) is 3.80. The first kappa shape index (κ1) is 22.4. The van der Waals surface area contributed by atoms with Crippen LogP contribution in [-0.4, -0.2) is 34.4 Å². The van der Waals surface area contributed by atoms with E-state index in [-0.39, 0.29) is 35.7 Å². The molecule has 0 fully saturated rings. The fraction of sp³-hybridized carbons (Fsp3) is 0.261. The number of halogens is 3. The molecule has 2 N–H and O–H groups in total.